The van der Waals surface area contributed by atoms with E-state index >= 15 is 0 Å². The lowest BCUT2D eigenvalue weighted by atomic mass is 10.1. The summed E-state index contributed by atoms with van der Waals surface area (Å²) in [5, 5.41) is 6.60. The van der Waals surface area contributed by atoms with E-state index in [0.717, 1.165) is 18.2 Å². The molecule has 0 saturated carbocycles. The molecule has 6 nitrogen and oxygen atoms in total. The van der Waals surface area contributed by atoms with Crippen molar-refractivity contribution >= 4 is 22.9 Å². The van der Waals surface area contributed by atoms with Gasteiger partial charge in [-0.05, 0) is 23.8 Å². The third-order valence-electron chi connectivity index (χ3n) is 3.43. The summed E-state index contributed by atoms with van der Waals surface area (Å²) in [6.45, 7) is 3.60. The Morgan fingerprint density at radius 3 is 2.60 bits per heavy atom. The number of fused-ring (bicyclic) bond motifs is 1. The van der Waals surface area contributed by atoms with Crippen LogP contribution in [-0.2, 0) is 17.5 Å². The Bertz CT molecular complexity index is 931. The minimum atomic E-state index is -4.36. The van der Waals surface area contributed by atoms with Gasteiger partial charge in [0.15, 0.2) is 0 Å². The Hall–Kier alpha value is -3.23. The van der Waals surface area contributed by atoms with Crippen molar-refractivity contribution in [2.45, 2.75) is 12.7 Å². The number of nitrogens with zero attached hydrogens (tertiary/aromatic N) is 4. The largest absolute Gasteiger partial charge is 0.416 e. The number of hydrogen-bond donors (Lipinski definition) is 1. The molecular weight excluding hydrogens is 335 g/mol. The van der Waals surface area contributed by atoms with Gasteiger partial charge < -0.3 is 0 Å². The maximum Gasteiger partial charge on any atom is 0.416 e. The molecule has 9 heteroatoms. The first-order valence-electron chi connectivity index (χ1n) is 7.15. The standard InChI is InChI=1S/C16H12F3N5O/c1-2-14(25)23-15-20-8-13-12(22-15)7-21-24(13)9-10-3-5-11(6-4-10)16(17,18)19/h2-8H,1,9H2,(H,20,22,23,25). The zero-order chi connectivity index (χ0) is 18.0. The zero-order valence-electron chi connectivity index (χ0n) is 12.8. The molecule has 128 valence electrons. The van der Waals surface area contributed by atoms with Crippen LogP contribution in [0.2, 0.25) is 0 Å². The normalized spacial score (nSPS) is 11.5. The molecule has 3 aromatic rings. The number of halogens is 3. The van der Waals surface area contributed by atoms with Crippen molar-refractivity contribution in [3.8, 4) is 0 Å². The number of hydrogen-bond acceptors (Lipinski definition) is 4. The van der Waals surface area contributed by atoms with Gasteiger partial charge in [0.2, 0.25) is 11.9 Å². The number of carbonyl (C=O) groups excluding carboxylic acids is 1. The highest BCUT2D eigenvalue weighted by Gasteiger charge is 2.29. The summed E-state index contributed by atoms with van der Waals surface area (Å²) in [4.78, 5) is 19.4. The van der Waals surface area contributed by atoms with Crippen LogP contribution < -0.4 is 5.32 Å². The molecule has 0 atom stereocenters. The minimum absolute atomic E-state index is 0.117. The fourth-order valence-electron chi connectivity index (χ4n) is 2.19. The van der Waals surface area contributed by atoms with Crippen molar-refractivity contribution < 1.29 is 18.0 Å². The summed E-state index contributed by atoms with van der Waals surface area (Å²) >= 11 is 0. The molecule has 0 spiro atoms. The van der Waals surface area contributed by atoms with Crippen LogP contribution in [0.15, 0.2) is 49.3 Å². The van der Waals surface area contributed by atoms with Gasteiger partial charge >= 0.3 is 6.18 Å². The van der Waals surface area contributed by atoms with E-state index in [1.165, 1.54) is 24.5 Å². The van der Waals surface area contributed by atoms with E-state index in [2.05, 4.69) is 27.0 Å². The van der Waals surface area contributed by atoms with Crippen LogP contribution in [0.5, 0.6) is 0 Å². The average molecular weight is 347 g/mol. The Kier molecular flexibility index (Phi) is 4.22. The molecular formula is C16H12F3N5O. The molecule has 1 N–H and O–H groups in total. The Morgan fingerprint density at radius 1 is 1.24 bits per heavy atom. The molecule has 2 aromatic heterocycles. The second kappa shape index (κ2) is 6.34. The third-order valence-corrected chi connectivity index (χ3v) is 3.43. The van der Waals surface area contributed by atoms with Gasteiger partial charge in [-0.15, -0.1) is 0 Å². The minimum Gasteiger partial charge on any atom is -0.291 e. The van der Waals surface area contributed by atoms with Gasteiger partial charge in [0.05, 0.1) is 24.5 Å². The van der Waals surface area contributed by atoms with Gasteiger partial charge in [-0.2, -0.15) is 18.3 Å². The van der Waals surface area contributed by atoms with Gasteiger partial charge in [-0.3, -0.25) is 14.8 Å². The highest BCUT2D eigenvalue weighted by atomic mass is 19.4. The van der Waals surface area contributed by atoms with Gasteiger partial charge in [-0.25, -0.2) is 9.97 Å². The smallest absolute Gasteiger partial charge is 0.291 e. The maximum atomic E-state index is 12.6. The quantitative estimate of drug-likeness (QED) is 0.737. The number of anilines is 1. The molecule has 0 bridgehead atoms. The van der Waals surface area contributed by atoms with E-state index in [4.69, 9.17) is 0 Å². The van der Waals surface area contributed by atoms with Gasteiger partial charge in [-0.1, -0.05) is 18.7 Å². The lowest BCUT2D eigenvalue weighted by molar-refractivity contribution is -0.137. The molecule has 3 rings (SSSR count). The first-order valence-corrected chi connectivity index (χ1v) is 7.15. The fourth-order valence-corrected chi connectivity index (χ4v) is 2.19. The van der Waals surface area contributed by atoms with E-state index in [9.17, 15) is 18.0 Å². The summed E-state index contributed by atoms with van der Waals surface area (Å²) in [5.74, 6) is -0.317. The van der Waals surface area contributed by atoms with Crippen LogP contribution in [0.3, 0.4) is 0 Å². The maximum absolute atomic E-state index is 12.6. The molecule has 1 amide bonds. The van der Waals surface area contributed by atoms with Crippen molar-refractivity contribution in [2.75, 3.05) is 5.32 Å². The number of rotatable bonds is 4. The lowest BCUT2D eigenvalue weighted by Gasteiger charge is -2.08. The lowest BCUT2D eigenvalue weighted by Crippen LogP contribution is -2.10. The van der Waals surface area contributed by atoms with Crippen LogP contribution in [-0.4, -0.2) is 25.7 Å². The van der Waals surface area contributed by atoms with Crippen LogP contribution in [0.1, 0.15) is 11.1 Å². The van der Waals surface area contributed by atoms with Crippen molar-refractivity contribution in [1.29, 1.82) is 0 Å². The number of alkyl halides is 3. The van der Waals surface area contributed by atoms with E-state index in [0.29, 0.717) is 16.6 Å². The first-order chi connectivity index (χ1) is 11.9. The summed E-state index contributed by atoms with van der Waals surface area (Å²) in [5.41, 5.74) is 1.05. The summed E-state index contributed by atoms with van der Waals surface area (Å²) in [6.07, 6.45) is -0.290. The first kappa shape index (κ1) is 16.6. The predicted octanol–water partition coefficient (Wildman–Crippen LogP) is 3.02. The predicted molar refractivity (Wildman–Crippen MR) is 84.7 cm³/mol. The molecule has 0 radical (unpaired) electrons. The molecule has 1 aromatic carbocycles. The number of carbonyl (C=O) groups is 1. The molecule has 2 heterocycles. The highest BCUT2D eigenvalue weighted by Crippen LogP contribution is 2.29. The van der Waals surface area contributed by atoms with Crippen molar-refractivity contribution in [3.05, 3.63) is 60.4 Å². The number of benzene rings is 1. The molecule has 0 saturated heterocycles. The van der Waals surface area contributed by atoms with Crippen molar-refractivity contribution in [2.24, 2.45) is 0 Å². The van der Waals surface area contributed by atoms with Crippen molar-refractivity contribution in [3.63, 3.8) is 0 Å². The fraction of sp³-hybridized carbons (Fsp3) is 0.125. The molecule has 0 aliphatic carbocycles. The second-order valence-electron chi connectivity index (χ2n) is 5.15. The molecule has 25 heavy (non-hydrogen) atoms. The second-order valence-corrected chi connectivity index (χ2v) is 5.15. The van der Waals surface area contributed by atoms with E-state index in [-0.39, 0.29) is 12.5 Å². The van der Waals surface area contributed by atoms with E-state index < -0.39 is 17.6 Å². The van der Waals surface area contributed by atoms with E-state index in [1.807, 2.05) is 0 Å². The van der Waals surface area contributed by atoms with Gasteiger partial charge in [0.1, 0.15) is 11.0 Å². The van der Waals surface area contributed by atoms with Gasteiger partial charge in [0.25, 0.3) is 0 Å². The number of nitrogens with one attached hydrogen (secondary N) is 1. The summed E-state index contributed by atoms with van der Waals surface area (Å²) in [7, 11) is 0. The summed E-state index contributed by atoms with van der Waals surface area (Å²) in [6, 6.07) is 4.85. The average Bonchev–Trinajstić information content (AvgIpc) is 2.96. The van der Waals surface area contributed by atoms with Crippen molar-refractivity contribution in [1.82, 2.24) is 19.7 Å². The topological polar surface area (TPSA) is 72.7 Å². The molecule has 0 aliphatic heterocycles. The summed E-state index contributed by atoms with van der Waals surface area (Å²) < 4.78 is 39.3. The van der Waals surface area contributed by atoms with Gasteiger partial charge in [0, 0.05) is 0 Å². The van der Waals surface area contributed by atoms with Crippen LogP contribution >= 0.6 is 0 Å². The Balaban J connectivity index is 1.82. The van der Waals surface area contributed by atoms with Crippen LogP contribution in [0, 0.1) is 0 Å². The zero-order valence-corrected chi connectivity index (χ0v) is 12.8. The van der Waals surface area contributed by atoms with Crippen LogP contribution in [0.25, 0.3) is 11.0 Å². The highest BCUT2D eigenvalue weighted by molar-refractivity contribution is 5.98. The number of aromatic nitrogens is 4. The monoisotopic (exact) mass is 347 g/mol. The Labute approximate surface area is 140 Å². The van der Waals surface area contributed by atoms with Crippen LogP contribution in [0.4, 0.5) is 19.1 Å². The third kappa shape index (κ3) is 3.65. The number of amides is 1. The molecule has 0 fully saturated rings. The SMILES string of the molecule is C=CC(=O)Nc1ncc2c(cnn2Cc2ccc(C(F)(F)F)cc2)n1. The molecule has 0 unspecified atom stereocenters. The Morgan fingerprint density at radius 2 is 1.96 bits per heavy atom. The molecule has 0 aliphatic rings. The van der Waals surface area contributed by atoms with E-state index in [1.54, 1.807) is 4.68 Å².